The highest BCUT2D eigenvalue weighted by Gasteiger charge is 2.29. The van der Waals surface area contributed by atoms with E-state index < -0.39 is 17.7 Å². The molecule has 2 N–H and O–H groups in total. The van der Waals surface area contributed by atoms with Gasteiger partial charge in [0.2, 0.25) is 0 Å². The fourth-order valence-corrected chi connectivity index (χ4v) is 2.20. The molecule has 0 saturated carbocycles. The molecule has 7 heteroatoms. The van der Waals surface area contributed by atoms with E-state index in [1.807, 2.05) is 4.90 Å². The number of alkyl carbamates (subject to hydrolysis) is 1. The van der Waals surface area contributed by atoms with Crippen LogP contribution in [-0.4, -0.2) is 66.6 Å². The monoisotopic (exact) mass is 302 g/mol. The van der Waals surface area contributed by atoms with Crippen LogP contribution in [0, 0.1) is 0 Å². The molecular weight excluding hydrogens is 276 g/mol. The van der Waals surface area contributed by atoms with Crippen LogP contribution < -0.4 is 5.32 Å². The number of carboxylic acid groups (broad SMARTS) is 1. The number of likely N-dealkylation sites (tertiary alicyclic amines) is 1. The molecule has 0 aromatic rings. The predicted octanol–water partition coefficient (Wildman–Crippen LogP) is 1.08. The normalized spacial score (nSPS) is 19.5. The maximum absolute atomic E-state index is 11.4. The maximum Gasteiger partial charge on any atom is 0.407 e. The van der Waals surface area contributed by atoms with E-state index in [1.165, 1.54) is 0 Å². The molecule has 1 fully saturated rings. The predicted molar refractivity (Wildman–Crippen MR) is 77.3 cm³/mol. The number of amides is 1. The van der Waals surface area contributed by atoms with Crippen LogP contribution in [0.2, 0.25) is 0 Å². The number of ether oxygens (including phenoxy) is 2. The number of hydrogen-bond donors (Lipinski definition) is 2. The molecule has 122 valence electrons. The van der Waals surface area contributed by atoms with Gasteiger partial charge in [-0.25, -0.2) is 4.79 Å². The van der Waals surface area contributed by atoms with Crippen LogP contribution in [0.15, 0.2) is 0 Å². The van der Waals surface area contributed by atoms with Gasteiger partial charge in [0.05, 0.1) is 13.2 Å². The quantitative estimate of drug-likeness (QED) is 0.684. The second kappa shape index (κ2) is 8.19. The summed E-state index contributed by atoms with van der Waals surface area (Å²) in [5.41, 5.74) is -0.507. The number of carboxylic acids is 1. The lowest BCUT2D eigenvalue weighted by Crippen LogP contribution is -2.38. The zero-order chi connectivity index (χ0) is 15.9. The molecule has 0 radical (unpaired) electrons. The first-order chi connectivity index (χ1) is 9.79. The summed E-state index contributed by atoms with van der Waals surface area (Å²) in [6, 6.07) is -0.381. The molecule has 1 aliphatic rings. The van der Waals surface area contributed by atoms with Gasteiger partial charge in [0.1, 0.15) is 11.6 Å². The van der Waals surface area contributed by atoms with Gasteiger partial charge in [-0.2, -0.15) is 0 Å². The summed E-state index contributed by atoms with van der Waals surface area (Å²) in [4.78, 5) is 24.3. The molecule has 0 bridgehead atoms. The van der Waals surface area contributed by atoms with Gasteiger partial charge in [0.25, 0.3) is 0 Å². The summed E-state index contributed by atoms with van der Waals surface area (Å²) in [6.45, 7) is 8.02. The molecule has 0 unspecified atom stereocenters. The maximum atomic E-state index is 11.4. The third-order valence-corrected chi connectivity index (χ3v) is 3.09. The summed E-state index contributed by atoms with van der Waals surface area (Å²) in [5, 5.41) is 11.6. The Morgan fingerprint density at radius 2 is 2.05 bits per heavy atom. The van der Waals surface area contributed by atoms with E-state index in [1.54, 1.807) is 20.8 Å². The van der Waals surface area contributed by atoms with Crippen molar-refractivity contribution in [2.24, 2.45) is 0 Å². The van der Waals surface area contributed by atoms with Crippen molar-refractivity contribution in [3.63, 3.8) is 0 Å². The van der Waals surface area contributed by atoms with Gasteiger partial charge in [-0.3, -0.25) is 9.69 Å². The topological polar surface area (TPSA) is 88.1 Å². The molecule has 1 amide bonds. The van der Waals surface area contributed by atoms with Crippen molar-refractivity contribution in [3.05, 3.63) is 0 Å². The van der Waals surface area contributed by atoms with Gasteiger partial charge in [-0.1, -0.05) is 0 Å². The lowest BCUT2D eigenvalue weighted by molar-refractivity contribution is -0.142. The van der Waals surface area contributed by atoms with Crippen molar-refractivity contribution in [1.29, 1.82) is 0 Å². The second-order valence-electron chi connectivity index (χ2n) is 6.07. The summed E-state index contributed by atoms with van der Waals surface area (Å²) < 4.78 is 10.5. The van der Waals surface area contributed by atoms with Gasteiger partial charge in [0.15, 0.2) is 0 Å². The van der Waals surface area contributed by atoms with Gasteiger partial charge in [-0.05, 0) is 40.2 Å². The van der Waals surface area contributed by atoms with E-state index in [2.05, 4.69) is 5.32 Å². The summed E-state index contributed by atoms with van der Waals surface area (Å²) in [6.07, 6.45) is 1.16. The van der Waals surface area contributed by atoms with Crippen LogP contribution in [0.3, 0.4) is 0 Å². The molecular formula is C14H26N2O5. The Morgan fingerprint density at radius 3 is 2.67 bits per heavy atom. The number of carbonyl (C=O) groups excluding carboxylic acids is 1. The van der Waals surface area contributed by atoms with Crippen molar-refractivity contribution in [2.45, 2.75) is 45.3 Å². The SMILES string of the molecule is CC(C)(C)OC(=O)NCCOCCN1CCC[C@H]1C(=O)O. The minimum atomic E-state index is -0.765. The number of aliphatic carboxylic acids is 1. The molecule has 0 spiro atoms. The standard InChI is InChI=1S/C14H26N2O5/c1-14(2,3)21-13(19)15-6-9-20-10-8-16-7-4-5-11(16)12(17)18/h11H,4-10H2,1-3H3,(H,15,19)(H,17,18)/t11-/m0/s1. The zero-order valence-corrected chi connectivity index (χ0v) is 13.1. The fourth-order valence-electron chi connectivity index (χ4n) is 2.20. The van der Waals surface area contributed by atoms with Crippen LogP contribution in [0.4, 0.5) is 4.79 Å². The van der Waals surface area contributed by atoms with E-state index in [9.17, 15) is 9.59 Å². The Bertz CT molecular complexity index is 354. The van der Waals surface area contributed by atoms with E-state index in [0.717, 1.165) is 13.0 Å². The average Bonchev–Trinajstić information content (AvgIpc) is 2.79. The minimum absolute atomic E-state index is 0.372. The highest BCUT2D eigenvalue weighted by Crippen LogP contribution is 2.16. The molecule has 1 rings (SSSR count). The van der Waals surface area contributed by atoms with Crippen LogP contribution in [-0.2, 0) is 14.3 Å². The van der Waals surface area contributed by atoms with Gasteiger partial charge < -0.3 is 19.9 Å². The smallest absolute Gasteiger partial charge is 0.407 e. The lowest BCUT2D eigenvalue weighted by atomic mass is 10.2. The van der Waals surface area contributed by atoms with Crippen LogP contribution >= 0.6 is 0 Å². The van der Waals surface area contributed by atoms with Crippen molar-refractivity contribution in [2.75, 3.05) is 32.8 Å². The van der Waals surface area contributed by atoms with E-state index in [4.69, 9.17) is 14.6 Å². The van der Waals surface area contributed by atoms with E-state index in [0.29, 0.717) is 32.7 Å². The molecule has 0 aromatic heterocycles. The summed E-state index contributed by atoms with van der Waals surface area (Å²) in [5.74, 6) is -0.765. The number of carbonyl (C=O) groups is 2. The first kappa shape index (κ1) is 17.7. The molecule has 1 aliphatic heterocycles. The minimum Gasteiger partial charge on any atom is -0.480 e. The van der Waals surface area contributed by atoms with E-state index >= 15 is 0 Å². The van der Waals surface area contributed by atoms with Gasteiger partial charge in [-0.15, -0.1) is 0 Å². The second-order valence-corrected chi connectivity index (χ2v) is 6.07. The van der Waals surface area contributed by atoms with Gasteiger partial charge in [0, 0.05) is 13.1 Å². The molecule has 21 heavy (non-hydrogen) atoms. The molecule has 0 aliphatic carbocycles. The third-order valence-electron chi connectivity index (χ3n) is 3.09. The highest BCUT2D eigenvalue weighted by atomic mass is 16.6. The fraction of sp³-hybridized carbons (Fsp3) is 0.857. The molecule has 1 atom stereocenters. The van der Waals surface area contributed by atoms with Crippen molar-refractivity contribution in [1.82, 2.24) is 10.2 Å². The highest BCUT2D eigenvalue weighted by molar-refractivity contribution is 5.73. The van der Waals surface area contributed by atoms with Crippen molar-refractivity contribution >= 4 is 12.1 Å². The molecule has 1 saturated heterocycles. The Hall–Kier alpha value is -1.34. The average molecular weight is 302 g/mol. The molecule has 0 aromatic carbocycles. The number of nitrogens with one attached hydrogen (secondary N) is 1. The number of rotatable bonds is 7. The first-order valence-electron chi connectivity index (χ1n) is 7.31. The van der Waals surface area contributed by atoms with Crippen LogP contribution in [0.25, 0.3) is 0 Å². The van der Waals surface area contributed by atoms with E-state index in [-0.39, 0.29) is 6.04 Å². The molecule has 1 heterocycles. The Morgan fingerprint density at radius 1 is 1.33 bits per heavy atom. The molecule has 7 nitrogen and oxygen atoms in total. The summed E-state index contributed by atoms with van der Waals surface area (Å²) in [7, 11) is 0. The lowest BCUT2D eigenvalue weighted by Gasteiger charge is -2.21. The number of nitrogens with zero attached hydrogens (tertiary/aromatic N) is 1. The van der Waals surface area contributed by atoms with Crippen molar-refractivity contribution < 1.29 is 24.2 Å². The largest absolute Gasteiger partial charge is 0.480 e. The van der Waals surface area contributed by atoms with Crippen molar-refractivity contribution in [3.8, 4) is 0 Å². The number of hydrogen-bond acceptors (Lipinski definition) is 5. The third kappa shape index (κ3) is 7.29. The van der Waals surface area contributed by atoms with Gasteiger partial charge >= 0.3 is 12.1 Å². The zero-order valence-electron chi connectivity index (χ0n) is 13.1. The van der Waals surface area contributed by atoms with Crippen LogP contribution in [0.5, 0.6) is 0 Å². The van der Waals surface area contributed by atoms with Crippen LogP contribution in [0.1, 0.15) is 33.6 Å². The summed E-state index contributed by atoms with van der Waals surface area (Å²) >= 11 is 0. The Labute approximate surface area is 125 Å². The Balaban J connectivity index is 2.05. The first-order valence-corrected chi connectivity index (χ1v) is 7.31. The Kier molecular flexibility index (Phi) is 6.91.